The minimum atomic E-state index is -0.376. The van der Waals surface area contributed by atoms with E-state index in [2.05, 4.69) is 10.4 Å². The Morgan fingerprint density at radius 2 is 2.35 bits per heavy atom. The van der Waals surface area contributed by atoms with Gasteiger partial charge in [0, 0.05) is 13.6 Å². The molecule has 0 bridgehead atoms. The molecule has 20 heavy (non-hydrogen) atoms. The summed E-state index contributed by atoms with van der Waals surface area (Å²) in [5.41, 5.74) is 0.578. The van der Waals surface area contributed by atoms with Crippen molar-refractivity contribution < 1.29 is 14.4 Å². The molecule has 8 nitrogen and oxygen atoms in total. The van der Waals surface area contributed by atoms with Gasteiger partial charge in [-0.3, -0.25) is 10.1 Å². The predicted octanol–water partition coefficient (Wildman–Crippen LogP) is 1.11. The molecule has 0 aromatic carbocycles. The number of hydrogen-bond acceptors (Lipinski definition) is 6. The lowest BCUT2D eigenvalue weighted by molar-refractivity contribution is -0.384. The van der Waals surface area contributed by atoms with Crippen LogP contribution in [0.1, 0.15) is 19.0 Å². The van der Waals surface area contributed by atoms with Gasteiger partial charge < -0.3 is 14.8 Å². The van der Waals surface area contributed by atoms with Gasteiger partial charge >= 0.3 is 5.69 Å². The molecule has 1 saturated heterocycles. The van der Waals surface area contributed by atoms with Crippen molar-refractivity contribution in [3.8, 4) is 0 Å². The number of anilines is 1. The Balaban J connectivity index is 2.11. The molecule has 112 valence electrons. The highest BCUT2D eigenvalue weighted by Gasteiger charge is 2.26. The molecule has 1 fully saturated rings. The Labute approximate surface area is 117 Å². The van der Waals surface area contributed by atoms with Crippen molar-refractivity contribution in [1.82, 2.24) is 9.78 Å². The van der Waals surface area contributed by atoms with Gasteiger partial charge in [0.1, 0.15) is 5.69 Å². The molecule has 0 saturated carbocycles. The number of rotatable bonds is 6. The fourth-order valence-corrected chi connectivity index (χ4v) is 2.23. The molecule has 0 aliphatic carbocycles. The van der Waals surface area contributed by atoms with Crippen LogP contribution in [-0.4, -0.2) is 47.2 Å². The maximum Gasteiger partial charge on any atom is 0.333 e. The van der Waals surface area contributed by atoms with Crippen LogP contribution in [0.25, 0.3) is 0 Å². The van der Waals surface area contributed by atoms with Crippen molar-refractivity contribution in [3.63, 3.8) is 0 Å². The average molecular weight is 284 g/mol. The largest absolute Gasteiger partial charge is 0.376 e. The van der Waals surface area contributed by atoms with E-state index in [0.29, 0.717) is 44.3 Å². The van der Waals surface area contributed by atoms with E-state index in [1.54, 1.807) is 7.05 Å². The first-order valence-electron chi connectivity index (χ1n) is 6.77. The highest BCUT2D eigenvalue weighted by atomic mass is 16.6. The summed E-state index contributed by atoms with van der Waals surface area (Å²) >= 11 is 0. The summed E-state index contributed by atoms with van der Waals surface area (Å²) < 4.78 is 12.3. The van der Waals surface area contributed by atoms with E-state index in [4.69, 9.17) is 9.47 Å². The van der Waals surface area contributed by atoms with Crippen molar-refractivity contribution in [1.29, 1.82) is 0 Å². The lowest BCUT2D eigenvalue weighted by atomic mass is 10.2. The topological polar surface area (TPSA) is 91.5 Å². The van der Waals surface area contributed by atoms with Gasteiger partial charge in [-0.1, -0.05) is 13.3 Å². The van der Waals surface area contributed by atoms with E-state index in [1.165, 1.54) is 4.68 Å². The third-order valence-corrected chi connectivity index (χ3v) is 3.14. The first-order chi connectivity index (χ1) is 9.63. The number of ether oxygens (including phenoxy) is 2. The second-order valence-electron chi connectivity index (χ2n) is 4.72. The van der Waals surface area contributed by atoms with Gasteiger partial charge in [-0.2, -0.15) is 5.10 Å². The van der Waals surface area contributed by atoms with Crippen molar-refractivity contribution in [2.75, 3.05) is 31.7 Å². The summed E-state index contributed by atoms with van der Waals surface area (Å²) in [7, 11) is 1.70. The third kappa shape index (κ3) is 3.26. The fraction of sp³-hybridized carbons (Fsp3) is 0.750. The first-order valence-corrected chi connectivity index (χ1v) is 6.77. The van der Waals surface area contributed by atoms with Crippen LogP contribution in [0.5, 0.6) is 0 Å². The van der Waals surface area contributed by atoms with Gasteiger partial charge in [-0.15, -0.1) is 0 Å². The van der Waals surface area contributed by atoms with E-state index < -0.39 is 0 Å². The Bertz CT molecular complexity index is 468. The van der Waals surface area contributed by atoms with E-state index >= 15 is 0 Å². The summed E-state index contributed by atoms with van der Waals surface area (Å²) in [5.74, 6) is 0.424. The SMILES string of the molecule is CCCc1nn(C)c(NCC2COCCO2)c1[N+](=O)[O-]. The van der Waals surface area contributed by atoms with E-state index in [1.807, 2.05) is 6.92 Å². The molecule has 1 atom stereocenters. The molecule has 1 aromatic heterocycles. The van der Waals surface area contributed by atoms with Gasteiger partial charge in [0.15, 0.2) is 0 Å². The van der Waals surface area contributed by atoms with Gasteiger partial charge in [-0.05, 0) is 6.42 Å². The van der Waals surface area contributed by atoms with E-state index in [-0.39, 0.29) is 16.7 Å². The Hall–Kier alpha value is -1.67. The smallest absolute Gasteiger partial charge is 0.333 e. The number of aryl methyl sites for hydroxylation is 2. The van der Waals surface area contributed by atoms with Crippen LogP contribution in [0.15, 0.2) is 0 Å². The standard InChI is InChI=1S/C12H20N4O4/c1-3-4-10-11(16(17)18)12(15(2)14-10)13-7-9-8-19-5-6-20-9/h9,13H,3-8H2,1-2H3. The predicted molar refractivity (Wildman–Crippen MR) is 72.9 cm³/mol. The summed E-state index contributed by atoms with van der Waals surface area (Å²) in [5, 5.41) is 18.5. The zero-order valence-corrected chi connectivity index (χ0v) is 11.8. The molecule has 0 spiro atoms. The van der Waals surface area contributed by atoms with Crippen LogP contribution in [0, 0.1) is 10.1 Å². The van der Waals surface area contributed by atoms with Gasteiger partial charge in [0.25, 0.3) is 0 Å². The van der Waals surface area contributed by atoms with Crippen molar-refractivity contribution >= 4 is 11.5 Å². The molecule has 1 N–H and O–H groups in total. The van der Waals surface area contributed by atoms with Crippen LogP contribution in [0.4, 0.5) is 11.5 Å². The highest BCUT2D eigenvalue weighted by molar-refractivity contribution is 5.59. The normalized spacial score (nSPS) is 19.0. The van der Waals surface area contributed by atoms with Crippen LogP contribution >= 0.6 is 0 Å². The molecule has 1 aliphatic rings. The number of aromatic nitrogens is 2. The van der Waals surface area contributed by atoms with Crippen LogP contribution in [-0.2, 0) is 22.9 Å². The van der Waals surface area contributed by atoms with Crippen LogP contribution in [0.2, 0.25) is 0 Å². The molecule has 0 amide bonds. The molecule has 8 heteroatoms. The summed E-state index contributed by atoms with van der Waals surface area (Å²) in [4.78, 5) is 10.9. The summed E-state index contributed by atoms with van der Waals surface area (Å²) in [6, 6.07) is 0. The average Bonchev–Trinajstić information content (AvgIpc) is 2.74. The van der Waals surface area contributed by atoms with E-state index in [0.717, 1.165) is 6.42 Å². The minimum Gasteiger partial charge on any atom is -0.376 e. The Morgan fingerprint density at radius 1 is 1.55 bits per heavy atom. The second-order valence-corrected chi connectivity index (χ2v) is 4.72. The van der Waals surface area contributed by atoms with Crippen molar-refractivity contribution in [2.45, 2.75) is 25.9 Å². The maximum absolute atomic E-state index is 11.2. The number of nitrogens with one attached hydrogen (secondary N) is 1. The zero-order chi connectivity index (χ0) is 14.5. The van der Waals surface area contributed by atoms with Gasteiger partial charge in [0.05, 0.1) is 30.8 Å². The van der Waals surface area contributed by atoms with E-state index in [9.17, 15) is 10.1 Å². The minimum absolute atomic E-state index is 0.0612. The summed E-state index contributed by atoms with van der Waals surface area (Å²) in [6.07, 6.45) is 1.32. The highest BCUT2D eigenvalue weighted by Crippen LogP contribution is 2.29. The van der Waals surface area contributed by atoms with Crippen molar-refractivity contribution in [2.24, 2.45) is 7.05 Å². The lowest BCUT2D eigenvalue weighted by Crippen LogP contribution is -2.34. The monoisotopic (exact) mass is 284 g/mol. The number of hydrogen-bond donors (Lipinski definition) is 1. The first kappa shape index (κ1) is 14.7. The molecule has 1 aliphatic heterocycles. The molecule has 0 radical (unpaired) electrons. The maximum atomic E-state index is 11.2. The van der Waals surface area contributed by atoms with Crippen molar-refractivity contribution in [3.05, 3.63) is 15.8 Å². The quantitative estimate of drug-likeness (QED) is 0.621. The molecule has 2 heterocycles. The molecule has 1 aromatic rings. The second kappa shape index (κ2) is 6.67. The fourth-order valence-electron chi connectivity index (χ4n) is 2.23. The van der Waals surface area contributed by atoms with Gasteiger partial charge in [-0.25, -0.2) is 4.68 Å². The number of nitro groups is 1. The molecule has 1 unspecified atom stereocenters. The third-order valence-electron chi connectivity index (χ3n) is 3.14. The molecular weight excluding hydrogens is 264 g/mol. The lowest BCUT2D eigenvalue weighted by Gasteiger charge is -2.23. The number of nitrogens with zero attached hydrogens (tertiary/aromatic N) is 3. The zero-order valence-electron chi connectivity index (χ0n) is 11.8. The Kier molecular flexibility index (Phi) is 4.91. The summed E-state index contributed by atoms with van der Waals surface area (Å²) in [6.45, 7) is 4.09. The molecule has 2 rings (SSSR count). The van der Waals surface area contributed by atoms with Crippen LogP contribution < -0.4 is 5.32 Å². The molecular formula is C12H20N4O4. The van der Waals surface area contributed by atoms with Crippen LogP contribution in [0.3, 0.4) is 0 Å². The Morgan fingerprint density at radius 3 is 2.95 bits per heavy atom. The van der Waals surface area contributed by atoms with Gasteiger partial charge in [0.2, 0.25) is 5.82 Å².